The van der Waals surface area contributed by atoms with Crippen molar-refractivity contribution in [2.45, 2.75) is 11.2 Å². The number of para-hydroxylation sites is 1. The van der Waals surface area contributed by atoms with Crippen molar-refractivity contribution >= 4 is 15.9 Å². The normalized spacial score (nSPS) is 11.8. The first-order valence-corrected chi connectivity index (χ1v) is 7.59. The Labute approximate surface area is 134 Å². The number of ether oxygens (including phenoxy) is 3. The van der Waals surface area contributed by atoms with Gasteiger partial charge in [-0.05, 0) is 30.2 Å². The van der Waals surface area contributed by atoms with Gasteiger partial charge in [-0.15, -0.1) is 0 Å². The molecular weight excluding hydrogens is 332 g/mol. The molecule has 112 valence electrons. The zero-order valence-electron chi connectivity index (χ0n) is 12.4. The van der Waals surface area contributed by atoms with Gasteiger partial charge in [0.15, 0.2) is 11.5 Å². The molecule has 0 saturated heterocycles. The van der Waals surface area contributed by atoms with Crippen molar-refractivity contribution in [2.24, 2.45) is 0 Å². The Bertz CT molecular complexity index is 598. The van der Waals surface area contributed by atoms with Crippen LogP contribution in [-0.4, -0.2) is 21.3 Å². The second-order valence-corrected chi connectivity index (χ2v) is 5.71. The number of hydrogen-bond donors (Lipinski definition) is 0. The summed E-state index contributed by atoms with van der Waals surface area (Å²) in [5, 5.41) is 0. The summed E-state index contributed by atoms with van der Waals surface area (Å²) in [6.07, 6.45) is 0.834. The van der Waals surface area contributed by atoms with E-state index >= 15 is 0 Å². The summed E-state index contributed by atoms with van der Waals surface area (Å²) in [5.41, 5.74) is 2.26. The van der Waals surface area contributed by atoms with Gasteiger partial charge in [-0.2, -0.15) is 0 Å². The molecule has 1 atom stereocenters. The van der Waals surface area contributed by atoms with Crippen molar-refractivity contribution in [3.8, 4) is 17.2 Å². The Morgan fingerprint density at radius 2 is 1.71 bits per heavy atom. The average Bonchev–Trinajstić information content (AvgIpc) is 2.53. The van der Waals surface area contributed by atoms with Crippen LogP contribution in [0.3, 0.4) is 0 Å². The third-order valence-corrected chi connectivity index (χ3v) is 4.14. The molecule has 0 aromatic heterocycles. The van der Waals surface area contributed by atoms with E-state index in [1.807, 2.05) is 36.4 Å². The van der Waals surface area contributed by atoms with Gasteiger partial charge in [-0.25, -0.2) is 0 Å². The summed E-state index contributed by atoms with van der Waals surface area (Å²) in [5.74, 6) is 2.37. The first-order valence-electron chi connectivity index (χ1n) is 6.67. The lowest BCUT2D eigenvalue weighted by atomic mass is 10.0. The van der Waals surface area contributed by atoms with E-state index in [0.29, 0.717) is 0 Å². The smallest absolute Gasteiger partial charge is 0.165 e. The minimum atomic E-state index is 0.134. The lowest BCUT2D eigenvalue weighted by Gasteiger charge is -2.17. The molecule has 0 heterocycles. The van der Waals surface area contributed by atoms with Gasteiger partial charge in [-0.3, -0.25) is 0 Å². The van der Waals surface area contributed by atoms with E-state index in [0.717, 1.165) is 29.2 Å². The second-order valence-electron chi connectivity index (χ2n) is 4.61. The topological polar surface area (TPSA) is 27.7 Å². The standard InChI is InChI=1S/C17H19BrO3/c1-19-13-7-4-6-12(10-13)11-15(18)14-8-5-9-16(20-2)17(14)21-3/h4-10,15H,11H2,1-3H3. The number of alkyl halides is 1. The van der Waals surface area contributed by atoms with E-state index in [1.165, 1.54) is 5.56 Å². The van der Waals surface area contributed by atoms with Gasteiger partial charge in [0.2, 0.25) is 0 Å². The third-order valence-electron chi connectivity index (χ3n) is 3.32. The number of rotatable bonds is 6. The van der Waals surface area contributed by atoms with Crippen LogP contribution in [0.2, 0.25) is 0 Å². The van der Waals surface area contributed by atoms with E-state index < -0.39 is 0 Å². The van der Waals surface area contributed by atoms with Crippen LogP contribution in [-0.2, 0) is 6.42 Å². The van der Waals surface area contributed by atoms with Crippen LogP contribution in [0, 0.1) is 0 Å². The summed E-state index contributed by atoms with van der Waals surface area (Å²) in [6.45, 7) is 0. The minimum Gasteiger partial charge on any atom is -0.497 e. The highest BCUT2D eigenvalue weighted by atomic mass is 79.9. The predicted molar refractivity (Wildman–Crippen MR) is 87.9 cm³/mol. The lowest BCUT2D eigenvalue weighted by Crippen LogP contribution is -2.01. The van der Waals surface area contributed by atoms with E-state index in [9.17, 15) is 0 Å². The van der Waals surface area contributed by atoms with E-state index in [-0.39, 0.29) is 4.83 Å². The highest BCUT2D eigenvalue weighted by Crippen LogP contribution is 2.39. The van der Waals surface area contributed by atoms with Crippen LogP contribution < -0.4 is 14.2 Å². The Hall–Kier alpha value is -1.68. The van der Waals surface area contributed by atoms with Gasteiger partial charge in [-0.1, -0.05) is 40.2 Å². The number of benzene rings is 2. The van der Waals surface area contributed by atoms with Gasteiger partial charge in [0, 0.05) is 10.4 Å². The molecule has 0 aliphatic rings. The summed E-state index contributed by atoms with van der Waals surface area (Å²) < 4.78 is 16.1. The number of hydrogen-bond acceptors (Lipinski definition) is 3. The highest BCUT2D eigenvalue weighted by Gasteiger charge is 2.17. The second kappa shape index (κ2) is 7.36. The maximum atomic E-state index is 5.49. The van der Waals surface area contributed by atoms with Gasteiger partial charge in [0.05, 0.1) is 21.3 Å². The largest absolute Gasteiger partial charge is 0.497 e. The highest BCUT2D eigenvalue weighted by molar-refractivity contribution is 9.09. The molecule has 0 radical (unpaired) electrons. The summed E-state index contributed by atoms with van der Waals surface area (Å²) >= 11 is 3.75. The monoisotopic (exact) mass is 350 g/mol. The molecule has 0 amide bonds. The maximum Gasteiger partial charge on any atom is 0.165 e. The molecule has 2 aromatic rings. The first kappa shape index (κ1) is 15.7. The molecule has 0 saturated carbocycles. The molecule has 0 aliphatic heterocycles. The molecule has 4 heteroatoms. The molecule has 0 bridgehead atoms. The molecule has 21 heavy (non-hydrogen) atoms. The molecule has 0 fully saturated rings. The molecule has 2 rings (SSSR count). The predicted octanol–water partition coefficient (Wildman–Crippen LogP) is 4.39. The van der Waals surface area contributed by atoms with Crippen molar-refractivity contribution in [1.82, 2.24) is 0 Å². The van der Waals surface area contributed by atoms with E-state index in [4.69, 9.17) is 14.2 Å². The maximum absolute atomic E-state index is 5.49. The molecular formula is C17H19BrO3. The Morgan fingerprint density at radius 1 is 0.952 bits per heavy atom. The SMILES string of the molecule is COc1cccc(CC(Br)c2cccc(OC)c2OC)c1. The van der Waals surface area contributed by atoms with Crippen molar-refractivity contribution < 1.29 is 14.2 Å². The molecule has 2 aromatic carbocycles. The van der Waals surface area contributed by atoms with E-state index in [1.54, 1.807) is 21.3 Å². The molecule has 3 nitrogen and oxygen atoms in total. The van der Waals surface area contributed by atoms with E-state index in [2.05, 4.69) is 22.0 Å². The Balaban J connectivity index is 2.25. The van der Waals surface area contributed by atoms with Crippen molar-refractivity contribution in [1.29, 1.82) is 0 Å². The average molecular weight is 351 g/mol. The molecule has 0 N–H and O–H groups in total. The summed E-state index contributed by atoms with van der Waals surface area (Å²) in [4.78, 5) is 0.134. The van der Waals surface area contributed by atoms with Gasteiger partial charge >= 0.3 is 0 Å². The third kappa shape index (κ3) is 3.70. The van der Waals surface area contributed by atoms with Crippen LogP contribution in [0.5, 0.6) is 17.2 Å². The first-order chi connectivity index (χ1) is 10.2. The fraction of sp³-hybridized carbons (Fsp3) is 0.294. The van der Waals surface area contributed by atoms with Crippen LogP contribution in [0.4, 0.5) is 0 Å². The minimum absolute atomic E-state index is 0.134. The zero-order valence-corrected chi connectivity index (χ0v) is 14.0. The van der Waals surface area contributed by atoms with Gasteiger partial charge in [0.1, 0.15) is 5.75 Å². The summed E-state index contributed by atoms with van der Waals surface area (Å²) in [7, 11) is 4.98. The summed E-state index contributed by atoms with van der Waals surface area (Å²) in [6, 6.07) is 14.0. The van der Waals surface area contributed by atoms with Crippen LogP contribution in [0.25, 0.3) is 0 Å². The number of methoxy groups -OCH3 is 3. The lowest BCUT2D eigenvalue weighted by molar-refractivity contribution is 0.351. The Kier molecular flexibility index (Phi) is 5.51. The fourth-order valence-electron chi connectivity index (χ4n) is 2.27. The van der Waals surface area contributed by atoms with Crippen LogP contribution in [0.15, 0.2) is 42.5 Å². The molecule has 0 spiro atoms. The van der Waals surface area contributed by atoms with Gasteiger partial charge < -0.3 is 14.2 Å². The molecule has 0 aliphatic carbocycles. The van der Waals surface area contributed by atoms with Crippen LogP contribution in [0.1, 0.15) is 16.0 Å². The zero-order chi connectivity index (χ0) is 15.2. The number of halogens is 1. The quantitative estimate of drug-likeness (QED) is 0.723. The van der Waals surface area contributed by atoms with Crippen LogP contribution >= 0.6 is 15.9 Å². The van der Waals surface area contributed by atoms with Gasteiger partial charge in [0.25, 0.3) is 0 Å². The van der Waals surface area contributed by atoms with Crippen molar-refractivity contribution in [2.75, 3.05) is 21.3 Å². The van der Waals surface area contributed by atoms with Crippen molar-refractivity contribution in [3.05, 3.63) is 53.6 Å². The fourth-order valence-corrected chi connectivity index (χ4v) is 3.01. The Morgan fingerprint density at radius 3 is 2.38 bits per heavy atom. The van der Waals surface area contributed by atoms with Crippen molar-refractivity contribution in [3.63, 3.8) is 0 Å². The molecule has 1 unspecified atom stereocenters.